The summed E-state index contributed by atoms with van der Waals surface area (Å²) in [5, 5.41) is 24.1. The number of anilines is 2. The average molecular weight is 427 g/mol. The molecule has 3 heterocycles. The summed E-state index contributed by atoms with van der Waals surface area (Å²) in [6, 6.07) is 14.8. The molecule has 0 unspecified atom stereocenters. The molecule has 2 fully saturated rings. The van der Waals surface area contributed by atoms with Crippen LogP contribution in [0.25, 0.3) is 10.8 Å². The Kier molecular flexibility index (Phi) is 5.02. The maximum Gasteiger partial charge on any atom is 0.157 e. The summed E-state index contributed by atoms with van der Waals surface area (Å²) in [5.74, 6) is 0.789. The molecule has 1 spiro atoms. The predicted molar refractivity (Wildman–Crippen MR) is 129 cm³/mol. The predicted octanol–water partition coefficient (Wildman–Crippen LogP) is 4.43. The van der Waals surface area contributed by atoms with Gasteiger partial charge < -0.3 is 15.1 Å². The fourth-order valence-corrected chi connectivity index (χ4v) is 5.47. The third kappa shape index (κ3) is 3.47. The molecule has 5 rings (SSSR count). The third-order valence-electron chi connectivity index (χ3n) is 7.31. The Bertz CT molecular complexity index is 1220. The first-order valence-corrected chi connectivity index (χ1v) is 11.4. The third-order valence-corrected chi connectivity index (χ3v) is 7.31. The van der Waals surface area contributed by atoms with E-state index >= 15 is 0 Å². The van der Waals surface area contributed by atoms with E-state index in [1.54, 1.807) is 0 Å². The molecule has 0 amide bonds. The molecule has 2 aromatic carbocycles. The molecule has 0 radical (unpaired) electrons. The van der Waals surface area contributed by atoms with E-state index in [0.717, 1.165) is 46.5 Å². The number of nitrogens with one attached hydrogen (secondary N) is 1. The Morgan fingerprint density at radius 1 is 1.09 bits per heavy atom. The van der Waals surface area contributed by atoms with Crippen molar-refractivity contribution in [3.63, 3.8) is 0 Å². The lowest BCUT2D eigenvalue weighted by Gasteiger charge is -2.49. The Hall–Kier alpha value is -3.17. The lowest BCUT2D eigenvalue weighted by molar-refractivity contribution is 0.218. The Labute approximate surface area is 189 Å². The van der Waals surface area contributed by atoms with Gasteiger partial charge in [0.1, 0.15) is 0 Å². The van der Waals surface area contributed by atoms with E-state index in [2.05, 4.69) is 69.6 Å². The van der Waals surface area contributed by atoms with Crippen molar-refractivity contribution in [2.45, 2.75) is 33.2 Å². The molecular formula is C26H30N6. The van der Waals surface area contributed by atoms with Gasteiger partial charge >= 0.3 is 0 Å². The van der Waals surface area contributed by atoms with Crippen molar-refractivity contribution in [3.05, 3.63) is 58.8 Å². The number of hydrogen-bond donors (Lipinski definition) is 1. The summed E-state index contributed by atoms with van der Waals surface area (Å²) in [6.07, 6.45) is 1.30. The number of rotatable bonds is 4. The van der Waals surface area contributed by atoms with Gasteiger partial charge in [0, 0.05) is 41.5 Å². The van der Waals surface area contributed by atoms with Gasteiger partial charge in [-0.2, -0.15) is 10.4 Å². The number of nitrogens with zero attached hydrogens (tertiary/aromatic N) is 5. The first kappa shape index (κ1) is 20.7. The normalized spacial score (nSPS) is 18.5. The summed E-state index contributed by atoms with van der Waals surface area (Å²) in [5.41, 5.74) is 5.48. The van der Waals surface area contributed by atoms with Crippen molar-refractivity contribution in [1.82, 2.24) is 15.1 Å². The van der Waals surface area contributed by atoms with Crippen LogP contribution >= 0.6 is 0 Å². The van der Waals surface area contributed by atoms with Gasteiger partial charge in [0.25, 0.3) is 0 Å². The minimum Gasteiger partial charge on any atom is -0.370 e. The highest BCUT2D eigenvalue weighted by molar-refractivity contribution is 5.95. The van der Waals surface area contributed by atoms with Gasteiger partial charge in [0.2, 0.25) is 0 Å². The summed E-state index contributed by atoms with van der Waals surface area (Å²) in [6.45, 7) is 10.8. The lowest BCUT2D eigenvalue weighted by atomic mass is 9.78. The van der Waals surface area contributed by atoms with Crippen molar-refractivity contribution in [3.8, 4) is 6.07 Å². The largest absolute Gasteiger partial charge is 0.370 e. The van der Waals surface area contributed by atoms with Crippen LogP contribution in [0.3, 0.4) is 0 Å². The van der Waals surface area contributed by atoms with Gasteiger partial charge in [-0.25, -0.2) is 0 Å². The molecule has 6 heteroatoms. The number of fused-ring (bicyclic) bond motifs is 1. The molecule has 1 N–H and O–H groups in total. The second-order valence-corrected chi connectivity index (χ2v) is 9.71. The van der Waals surface area contributed by atoms with Crippen LogP contribution in [0.5, 0.6) is 0 Å². The number of aromatic nitrogens is 2. The monoisotopic (exact) mass is 426 g/mol. The standard InChI is InChI=1S/C26H30N6/c1-17-20(13-27)6-5-7-22(17)18(2)28-25-24-12-21(8-9-23(24)19(3)29-30-25)32-15-26(16-32)10-11-31(4)14-26/h5-9,12,18H,10-11,14-16H2,1-4H3,(H,28,30)/t18-/m1/s1. The minimum absolute atomic E-state index is 0.00784. The molecule has 0 aliphatic carbocycles. The zero-order valence-corrected chi connectivity index (χ0v) is 19.3. The quantitative estimate of drug-likeness (QED) is 0.666. The van der Waals surface area contributed by atoms with Gasteiger partial charge in [-0.15, -0.1) is 5.10 Å². The van der Waals surface area contributed by atoms with Gasteiger partial charge in [0.15, 0.2) is 5.82 Å². The van der Waals surface area contributed by atoms with Crippen LogP contribution in [0.4, 0.5) is 11.5 Å². The molecule has 2 aliphatic heterocycles. The van der Waals surface area contributed by atoms with Crippen molar-refractivity contribution in [1.29, 1.82) is 5.26 Å². The first-order valence-electron chi connectivity index (χ1n) is 11.4. The van der Waals surface area contributed by atoms with Crippen LogP contribution in [0.15, 0.2) is 36.4 Å². The number of hydrogen-bond acceptors (Lipinski definition) is 6. The molecule has 0 bridgehead atoms. The second kappa shape index (κ2) is 7.75. The molecule has 1 atom stereocenters. The number of benzene rings is 2. The highest BCUT2D eigenvalue weighted by Gasteiger charge is 2.46. The lowest BCUT2D eigenvalue weighted by Crippen LogP contribution is -2.57. The summed E-state index contributed by atoms with van der Waals surface area (Å²) < 4.78 is 0. The van der Waals surface area contributed by atoms with E-state index in [4.69, 9.17) is 0 Å². The van der Waals surface area contributed by atoms with Crippen LogP contribution in [0.2, 0.25) is 0 Å². The SMILES string of the molecule is Cc1c(C#N)cccc1[C@@H](C)Nc1nnc(C)c2ccc(N3CC4(CCN(C)C4)C3)cc12. The van der Waals surface area contributed by atoms with Crippen LogP contribution in [-0.2, 0) is 0 Å². The Morgan fingerprint density at radius 2 is 1.91 bits per heavy atom. The van der Waals surface area contributed by atoms with Crippen molar-refractivity contribution in [2.75, 3.05) is 43.4 Å². The highest BCUT2D eigenvalue weighted by atomic mass is 15.3. The van der Waals surface area contributed by atoms with E-state index in [-0.39, 0.29) is 6.04 Å². The summed E-state index contributed by atoms with van der Waals surface area (Å²) in [7, 11) is 2.22. The second-order valence-electron chi connectivity index (χ2n) is 9.71. The van der Waals surface area contributed by atoms with Crippen molar-refractivity contribution < 1.29 is 0 Å². The van der Waals surface area contributed by atoms with Crippen LogP contribution < -0.4 is 10.2 Å². The smallest absolute Gasteiger partial charge is 0.157 e. The molecule has 6 nitrogen and oxygen atoms in total. The van der Waals surface area contributed by atoms with Crippen molar-refractivity contribution >= 4 is 22.3 Å². The molecular weight excluding hydrogens is 396 g/mol. The van der Waals surface area contributed by atoms with Crippen LogP contribution in [-0.4, -0.2) is 48.3 Å². The fourth-order valence-electron chi connectivity index (χ4n) is 5.47. The number of aryl methyl sites for hydroxylation is 1. The van der Waals surface area contributed by atoms with Gasteiger partial charge in [0.05, 0.1) is 23.4 Å². The Balaban J connectivity index is 1.44. The molecule has 2 aliphatic rings. The number of nitriles is 1. The zero-order valence-electron chi connectivity index (χ0n) is 19.3. The Morgan fingerprint density at radius 3 is 2.62 bits per heavy atom. The molecule has 3 aromatic rings. The fraction of sp³-hybridized carbons (Fsp3) is 0.423. The van der Waals surface area contributed by atoms with Gasteiger partial charge in [-0.1, -0.05) is 18.2 Å². The maximum atomic E-state index is 9.39. The first-order chi connectivity index (χ1) is 15.4. The molecule has 2 saturated heterocycles. The maximum absolute atomic E-state index is 9.39. The van der Waals surface area contributed by atoms with Crippen LogP contribution in [0, 0.1) is 30.6 Å². The van der Waals surface area contributed by atoms with Crippen molar-refractivity contribution in [2.24, 2.45) is 5.41 Å². The van der Waals surface area contributed by atoms with E-state index in [1.807, 2.05) is 26.0 Å². The zero-order chi connectivity index (χ0) is 22.5. The molecule has 164 valence electrons. The molecule has 32 heavy (non-hydrogen) atoms. The topological polar surface area (TPSA) is 68.1 Å². The van der Waals surface area contributed by atoms with Gasteiger partial charge in [-0.3, -0.25) is 0 Å². The summed E-state index contributed by atoms with van der Waals surface area (Å²) >= 11 is 0. The van der Waals surface area contributed by atoms with E-state index in [1.165, 1.54) is 25.2 Å². The number of likely N-dealkylation sites (tertiary alicyclic amines) is 1. The van der Waals surface area contributed by atoms with E-state index < -0.39 is 0 Å². The molecule has 1 aromatic heterocycles. The van der Waals surface area contributed by atoms with Crippen LogP contribution in [0.1, 0.15) is 41.8 Å². The highest BCUT2D eigenvalue weighted by Crippen LogP contribution is 2.42. The van der Waals surface area contributed by atoms with E-state index in [9.17, 15) is 5.26 Å². The van der Waals surface area contributed by atoms with Gasteiger partial charge in [-0.05, 0) is 70.1 Å². The van der Waals surface area contributed by atoms with E-state index in [0.29, 0.717) is 11.0 Å². The summed E-state index contributed by atoms with van der Waals surface area (Å²) in [4.78, 5) is 4.94. The average Bonchev–Trinajstić information content (AvgIpc) is 3.16. The molecule has 0 saturated carbocycles. The minimum atomic E-state index is 0.00784.